The molecule has 90 valence electrons. The zero-order chi connectivity index (χ0) is 12.6. The van der Waals surface area contributed by atoms with Crippen molar-refractivity contribution in [2.24, 2.45) is 0 Å². The summed E-state index contributed by atoms with van der Waals surface area (Å²) in [7, 11) is 3.09. The standard InChI is InChI=1S/C12H13NO4/c1-6-10(16-2)5-8-7(11(6)17-3)4-9(13-8)12(14)15/h4-5,13H,1-3H3,(H,14,15)/p-1. The molecule has 5 nitrogen and oxygen atoms in total. The highest BCUT2D eigenvalue weighted by molar-refractivity contribution is 5.97. The van der Waals surface area contributed by atoms with E-state index >= 15 is 0 Å². The summed E-state index contributed by atoms with van der Waals surface area (Å²) < 4.78 is 10.5. The molecular weight excluding hydrogens is 222 g/mol. The van der Waals surface area contributed by atoms with Crippen molar-refractivity contribution in [1.29, 1.82) is 0 Å². The SMILES string of the molecule is COc1cc2[nH]c(C(=O)[O-])cc2c(OC)c1C. The van der Waals surface area contributed by atoms with Crippen LogP contribution in [0.15, 0.2) is 12.1 Å². The van der Waals surface area contributed by atoms with Gasteiger partial charge >= 0.3 is 0 Å². The van der Waals surface area contributed by atoms with Crippen molar-refractivity contribution >= 4 is 16.9 Å². The van der Waals surface area contributed by atoms with Gasteiger partial charge in [0.2, 0.25) is 0 Å². The van der Waals surface area contributed by atoms with Crippen LogP contribution < -0.4 is 14.6 Å². The lowest BCUT2D eigenvalue weighted by molar-refractivity contribution is -0.255. The van der Waals surface area contributed by atoms with Gasteiger partial charge in [0.15, 0.2) is 0 Å². The van der Waals surface area contributed by atoms with Crippen LogP contribution in [0.25, 0.3) is 10.9 Å². The smallest absolute Gasteiger partial charge is 0.134 e. The van der Waals surface area contributed by atoms with Gasteiger partial charge in [-0.3, -0.25) is 0 Å². The number of H-pyrrole nitrogens is 1. The van der Waals surface area contributed by atoms with Gasteiger partial charge in [-0.15, -0.1) is 0 Å². The van der Waals surface area contributed by atoms with Crippen molar-refractivity contribution in [3.63, 3.8) is 0 Å². The number of aromatic amines is 1. The summed E-state index contributed by atoms with van der Waals surface area (Å²) in [6, 6.07) is 3.23. The van der Waals surface area contributed by atoms with E-state index < -0.39 is 5.97 Å². The van der Waals surface area contributed by atoms with E-state index in [-0.39, 0.29) is 5.69 Å². The quantitative estimate of drug-likeness (QED) is 0.854. The van der Waals surface area contributed by atoms with Gasteiger partial charge in [0.05, 0.1) is 31.4 Å². The second-order valence-electron chi connectivity index (χ2n) is 3.67. The normalized spacial score (nSPS) is 10.5. The molecule has 0 fully saturated rings. The van der Waals surface area contributed by atoms with E-state index in [1.807, 2.05) is 6.92 Å². The third kappa shape index (κ3) is 1.69. The molecule has 1 heterocycles. The van der Waals surface area contributed by atoms with E-state index in [0.29, 0.717) is 22.4 Å². The van der Waals surface area contributed by atoms with Crippen molar-refractivity contribution in [2.75, 3.05) is 14.2 Å². The number of methoxy groups -OCH3 is 2. The maximum Gasteiger partial charge on any atom is 0.134 e. The molecule has 0 spiro atoms. The molecule has 2 aromatic rings. The number of carbonyl (C=O) groups excluding carboxylic acids is 1. The lowest BCUT2D eigenvalue weighted by atomic mass is 10.1. The number of rotatable bonds is 3. The minimum Gasteiger partial charge on any atom is -0.543 e. The molecule has 0 aliphatic heterocycles. The first-order chi connectivity index (χ1) is 8.08. The molecule has 5 heteroatoms. The van der Waals surface area contributed by atoms with Gasteiger partial charge in [-0.25, -0.2) is 0 Å². The molecule has 1 N–H and O–H groups in total. The van der Waals surface area contributed by atoms with Crippen LogP contribution in [0.1, 0.15) is 16.1 Å². The molecule has 0 aliphatic rings. The minimum absolute atomic E-state index is 0.0194. The monoisotopic (exact) mass is 234 g/mol. The van der Waals surface area contributed by atoms with E-state index in [1.54, 1.807) is 13.2 Å². The molecule has 0 radical (unpaired) electrons. The molecule has 0 aliphatic carbocycles. The van der Waals surface area contributed by atoms with Crippen molar-refractivity contribution < 1.29 is 19.4 Å². The summed E-state index contributed by atoms with van der Waals surface area (Å²) >= 11 is 0. The number of hydrogen-bond acceptors (Lipinski definition) is 4. The zero-order valence-electron chi connectivity index (χ0n) is 9.79. The average molecular weight is 234 g/mol. The Morgan fingerprint density at radius 1 is 1.29 bits per heavy atom. The Kier molecular flexibility index (Phi) is 2.67. The number of carbonyl (C=O) groups is 1. The van der Waals surface area contributed by atoms with Gasteiger partial charge < -0.3 is 24.4 Å². The molecule has 2 rings (SSSR count). The van der Waals surface area contributed by atoms with Gasteiger partial charge in [0, 0.05) is 17.0 Å². The number of nitrogens with one attached hydrogen (secondary N) is 1. The van der Waals surface area contributed by atoms with Gasteiger partial charge in [0.1, 0.15) is 11.5 Å². The predicted molar refractivity (Wildman–Crippen MR) is 60.5 cm³/mol. The molecule has 1 aromatic heterocycles. The Bertz CT molecular complexity index is 586. The summed E-state index contributed by atoms with van der Waals surface area (Å²) in [5.74, 6) is -0.0101. The van der Waals surface area contributed by atoms with Crippen molar-refractivity contribution in [2.45, 2.75) is 6.92 Å². The Morgan fingerprint density at radius 3 is 2.53 bits per heavy atom. The van der Waals surface area contributed by atoms with Crippen LogP contribution in [0.2, 0.25) is 0 Å². The average Bonchev–Trinajstić information content (AvgIpc) is 2.72. The molecule has 1 aromatic carbocycles. The van der Waals surface area contributed by atoms with E-state index in [9.17, 15) is 9.90 Å². The van der Waals surface area contributed by atoms with Gasteiger partial charge in [-0.2, -0.15) is 0 Å². The van der Waals surface area contributed by atoms with Crippen LogP contribution in [0.5, 0.6) is 11.5 Å². The fourth-order valence-corrected chi connectivity index (χ4v) is 1.91. The minimum atomic E-state index is -1.25. The first kappa shape index (κ1) is 11.3. The van der Waals surface area contributed by atoms with Crippen LogP contribution in [-0.2, 0) is 0 Å². The Hall–Kier alpha value is -2.17. The van der Waals surface area contributed by atoms with Crippen molar-refractivity contribution in [3.05, 3.63) is 23.4 Å². The van der Waals surface area contributed by atoms with Crippen LogP contribution >= 0.6 is 0 Å². The summed E-state index contributed by atoms with van der Waals surface area (Å²) in [6.07, 6.45) is 0. The number of hydrogen-bond donors (Lipinski definition) is 1. The van der Waals surface area contributed by atoms with E-state index in [2.05, 4.69) is 4.98 Å². The van der Waals surface area contributed by atoms with Crippen molar-refractivity contribution in [3.8, 4) is 11.5 Å². The highest BCUT2D eigenvalue weighted by Crippen LogP contribution is 2.36. The zero-order valence-corrected chi connectivity index (χ0v) is 9.79. The maximum atomic E-state index is 10.8. The molecular formula is C12H12NO4-. The fraction of sp³-hybridized carbons (Fsp3) is 0.250. The molecule has 0 saturated carbocycles. The van der Waals surface area contributed by atoms with E-state index in [4.69, 9.17) is 9.47 Å². The summed E-state index contributed by atoms with van der Waals surface area (Å²) in [4.78, 5) is 13.5. The maximum absolute atomic E-state index is 10.8. The summed E-state index contributed by atoms with van der Waals surface area (Å²) in [5.41, 5.74) is 1.49. The van der Waals surface area contributed by atoms with Crippen LogP contribution in [0.3, 0.4) is 0 Å². The highest BCUT2D eigenvalue weighted by atomic mass is 16.5. The Morgan fingerprint density at radius 2 is 2.00 bits per heavy atom. The fourth-order valence-electron chi connectivity index (χ4n) is 1.91. The van der Waals surface area contributed by atoms with Gasteiger partial charge in [0.25, 0.3) is 0 Å². The second kappa shape index (κ2) is 4.01. The molecule has 0 amide bonds. The van der Waals surface area contributed by atoms with E-state index in [0.717, 1.165) is 5.56 Å². The number of fused-ring (bicyclic) bond motifs is 1. The number of aromatic carboxylic acids is 1. The lowest BCUT2D eigenvalue weighted by Gasteiger charge is -2.10. The number of ether oxygens (including phenoxy) is 2. The summed E-state index contributed by atoms with van der Waals surface area (Å²) in [6.45, 7) is 1.85. The number of aromatic nitrogens is 1. The number of carboxylic acid groups (broad SMARTS) is 1. The molecule has 0 saturated heterocycles. The highest BCUT2D eigenvalue weighted by Gasteiger charge is 2.13. The van der Waals surface area contributed by atoms with Crippen LogP contribution in [-0.4, -0.2) is 25.2 Å². The van der Waals surface area contributed by atoms with Crippen LogP contribution in [0.4, 0.5) is 0 Å². The second-order valence-corrected chi connectivity index (χ2v) is 3.67. The Balaban J connectivity index is 2.78. The largest absolute Gasteiger partial charge is 0.543 e. The molecule has 0 bridgehead atoms. The first-order valence-electron chi connectivity index (χ1n) is 5.04. The summed E-state index contributed by atoms with van der Waals surface area (Å²) in [5, 5.41) is 11.5. The van der Waals surface area contributed by atoms with E-state index in [1.165, 1.54) is 13.2 Å². The molecule has 17 heavy (non-hydrogen) atoms. The number of benzene rings is 1. The van der Waals surface area contributed by atoms with Gasteiger partial charge in [-0.1, -0.05) is 0 Å². The Labute approximate surface area is 98.0 Å². The lowest BCUT2D eigenvalue weighted by Crippen LogP contribution is -2.22. The number of carboxylic acids is 1. The first-order valence-corrected chi connectivity index (χ1v) is 5.04. The van der Waals surface area contributed by atoms with Crippen LogP contribution in [0, 0.1) is 6.92 Å². The molecule has 0 atom stereocenters. The third-order valence-corrected chi connectivity index (χ3v) is 2.72. The van der Waals surface area contributed by atoms with Gasteiger partial charge in [-0.05, 0) is 13.0 Å². The predicted octanol–water partition coefficient (Wildman–Crippen LogP) is 0.857. The third-order valence-electron chi connectivity index (χ3n) is 2.72. The molecule has 0 unspecified atom stereocenters. The topological polar surface area (TPSA) is 74.4 Å². The van der Waals surface area contributed by atoms with Crippen molar-refractivity contribution in [1.82, 2.24) is 4.98 Å².